The maximum Gasteiger partial charge on any atom is 0.337 e. The number of carboxylic acids is 1. The fourth-order valence-corrected chi connectivity index (χ4v) is 2.61. The summed E-state index contributed by atoms with van der Waals surface area (Å²) in [5.41, 5.74) is -0.481. The Balaban J connectivity index is 2.21. The van der Waals surface area contributed by atoms with Gasteiger partial charge in [-0.3, -0.25) is 10.1 Å². The molecule has 7 nitrogen and oxygen atoms in total. The van der Waals surface area contributed by atoms with E-state index in [2.05, 4.69) is 10.3 Å². The first-order valence-corrected chi connectivity index (χ1v) is 6.63. The number of carboxylic acid groups (broad SMARTS) is 1. The topological polar surface area (TPSA) is 105 Å². The average molecular weight is 279 g/mol. The Kier molecular flexibility index (Phi) is 4.16. The quantitative estimate of drug-likeness (QED) is 0.634. The zero-order chi connectivity index (χ0) is 14.7. The van der Waals surface area contributed by atoms with Gasteiger partial charge in [0.2, 0.25) is 5.82 Å². The molecule has 0 amide bonds. The second-order valence-electron chi connectivity index (χ2n) is 5.13. The molecular formula is C13H17N3O4. The van der Waals surface area contributed by atoms with Crippen LogP contribution in [0.5, 0.6) is 0 Å². The molecular weight excluding hydrogens is 262 g/mol. The Morgan fingerprint density at radius 2 is 2.20 bits per heavy atom. The zero-order valence-electron chi connectivity index (χ0n) is 11.2. The van der Waals surface area contributed by atoms with Crippen molar-refractivity contribution < 1.29 is 14.8 Å². The number of carbonyl (C=O) groups is 1. The van der Waals surface area contributed by atoms with E-state index < -0.39 is 10.9 Å². The molecule has 1 aliphatic rings. The first-order chi connectivity index (χ1) is 9.49. The van der Waals surface area contributed by atoms with Crippen LogP contribution in [0.1, 0.15) is 43.0 Å². The largest absolute Gasteiger partial charge is 0.478 e. The third-order valence-electron chi connectivity index (χ3n) is 3.78. The Labute approximate surface area is 116 Å². The van der Waals surface area contributed by atoms with Crippen LogP contribution in [0.25, 0.3) is 0 Å². The Bertz CT molecular complexity index is 526. The van der Waals surface area contributed by atoms with E-state index in [9.17, 15) is 14.9 Å². The first-order valence-electron chi connectivity index (χ1n) is 6.63. The fourth-order valence-electron chi connectivity index (χ4n) is 2.61. The van der Waals surface area contributed by atoms with E-state index in [1.54, 1.807) is 0 Å². The highest BCUT2D eigenvalue weighted by Gasteiger charge is 2.25. The van der Waals surface area contributed by atoms with Crippen LogP contribution in [0.4, 0.5) is 11.5 Å². The minimum absolute atomic E-state index is 0.0828. The van der Waals surface area contributed by atoms with Crippen LogP contribution in [-0.2, 0) is 0 Å². The van der Waals surface area contributed by atoms with Crippen molar-refractivity contribution in [2.45, 2.75) is 38.6 Å². The van der Waals surface area contributed by atoms with Crippen molar-refractivity contribution in [1.29, 1.82) is 0 Å². The van der Waals surface area contributed by atoms with Crippen molar-refractivity contribution in [2.24, 2.45) is 5.92 Å². The van der Waals surface area contributed by atoms with Gasteiger partial charge in [-0.15, -0.1) is 0 Å². The number of pyridine rings is 1. The summed E-state index contributed by atoms with van der Waals surface area (Å²) in [5, 5.41) is 22.9. The minimum Gasteiger partial charge on any atom is -0.478 e. The van der Waals surface area contributed by atoms with Crippen LogP contribution in [-0.4, -0.2) is 27.0 Å². The molecule has 0 aromatic carbocycles. The number of rotatable bonds is 5. The zero-order valence-corrected chi connectivity index (χ0v) is 11.2. The molecule has 1 fully saturated rings. The molecule has 0 radical (unpaired) electrons. The predicted octanol–water partition coefficient (Wildman–Crippen LogP) is 2.68. The van der Waals surface area contributed by atoms with E-state index in [0.29, 0.717) is 5.92 Å². The van der Waals surface area contributed by atoms with Crippen molar-refractivity contribution >= 4 is 17.5 Å². The Morgan fingerprint density at radius 1 is 1.55 bits per heavy atom. The number of nitrogens with zero attached hydrogens (tertiary/aromatic N) is 2. The van der Waals surface area contributed by atoms with E-state index in [0.717, 1.165) is 25.1 Å². The van der Waals surface area contributed by atoms with Gasteiger partial charge in [-0.1, -0.05) is 12.8 Å². The first kappa shape index (κ1) is 14.2. The van der Waals surface area contributed by atoms with Crippen LogP contribution >= 0.6 is 0 Å². The van der Waals surface area contributed by atoms with Crippen molar-refractivity contribution in [3.05, 3.63) is 27.9 Å². The molecule has 20 heavy (non-hydrogen) atoms. The van der Waals surface area contributed by atoms with Crippen molar-refractivity contribution in [3.8, 4) is 0 Å². The highest BCUT2D eigenvalue weighted by atomic mass is 16.6. The van der Waals surface area contributed by atoms with Crippen LogP contribution < -0.4 is 5.32 Å². The average Bonchev–Trinajstić information content (AvgIpc) is 2.92. The van der Waals surface area contributed by atoms with Crippen LogP contribution in [0.3, 0.4) is 0 Å². The molecule has 7 heteroatoms. The molecule has 1 atom stereocenters. The summed E-state index contributed by atoms with van der Waals surface area (Å²) in [6.07, 6.45) is 5.72. The maximum atomic E-state index is 11.0. The number of hydrogen-bond donors (Lipinski definition) is 2. The third kappa shape index (κ3) is 3.04. The highest BCUT2D eigenvalue weighted by Crippen LogP contribution is 2.31. The predicted molar refractivity (Wildman–Crippen MR) is 72.9 cm³/mol. The minimum atomic E-state index is -1.23. The normalized spacial score (nSPS) is 16.9. The Morgan fingerprint density at radius 3 is 2.75 bits per heavy atom. The summed E-state index contributed by atoms with van der Waals surface area (Å²) >= 11 is 0. The van der Waals surface area contributed by atoms with Crippen LogP contribution in [0.2, 0.25) is 0 Å². The van der Waals surface area contributed by atoms with Crippen molar-refractivity contribution in [1.82, 2.24) is 4.98 Å². The second-order valence-corrected chi connectivity index (χ2v) is 5.13. The van der Waals surface area contributed by atoms with Gasteiger partial charge in [0, 0.05) is 18.3 Å². The van der Waals surface area contributed by atoms with Gasteiger partial charge >= 0.3 is 11.7 Å². The van der Waals surface area contributed by atoms with Gasteiger partial charge < -0.3 is 10.4 Å². The lowest BCUT2D eigenvalue weighted by molar-refractivity contribution is -0.384. The molecule has 0 spiro atoms. The highest BCUT2D eigenvalue weighted by molar-refractivity contribution is 5.88. The maximum absolute atomic E-state index is 11.0. The van der Waals surface area contributed by atoms with E-state index in [1.807, 2.05) is 6.92 Å². The molecule has 1 unspecified atom stereocenters. The lowest BCUT2D eigenvalue weighted by Crippen LogP contribution is -2.25. The Hall–Kier alpha value is -2.18. The number of nitro groups is 1. The molecule has 0 saturated heterocycles. The van der Waals surface area contributed by atoms with Gasteiger partial charge in [-0.2, -0.15) is 0 Å². The standard InChI is InChI=1S/C13H17N3O4/c1-8(9-4-2-3-5-9)15-12-11(16(19)20)6-10(7-14-12)13(17)18/h6-9H,2-5H2,1H3,(H,14,15)(H,17,18). The molecule has 1 aliphatic carbocycles. The summed E-state index contributed by atoms with van der Waals surface area (Å²) in [6, 6.07) is 1.12. The van der Waals surface area contributed by atoms with E-state index >= 15 is 0 Å². The second kappa shape index (κ2) is 5.85. The van der Waals surface area contributed by atoms with Gasteiger partial charge in [-0.05, 0) is 25.7 Å². The van der Waals surface area contributed by atoms with Crippen LogP contribution in [0, 0.1) is 16.0 Å². The number of aromatic nitrogens is 1. The number of nitrogens with one attached hydrogen (secondary N) is 1. The summed E-state index contributed by atoms with van der Waals surface area (Å²) in [5.74, 6) is -0.606. The van der Waals surface area contributed by atoms with Gasteiger partial charge in [0.25, 0.3) is 0 Å². The van der Waals surface area contributed by atoms with E-state index in [4.69, 9.17) is 5.11 Å². The van der Waals surface area contributed by atoms with E-state index in [-0.39, 0.29) is 23.1 Å². The third-order valence-corrected chi connectivity index (χ3v) is 3.78. The molecule has 108 valence electrons. The van der Waals surface area contributed by atoms with Gasteiger partial charge in [0.05, 0.1) is 10.5 Å². The van der Waals surface area contributed by atoms with Gasteiger partial charge in [0.15, 0.2) is 0 Å². The molecule has 0 aliphatic heterocycles. The smallest absolute Gasteiger partial charge is 0.337 e. The number of anilines is 1. The number of hydrogen-bond acceptors (Lipinski definition) is 5. The lowest BCUT2D eigenvalue weighted by Gasteiger charge is -2.20. The summed E-state index contributed by atoms with van der Waals surface area (Å²) < 4.78 is 0. The van der Waals surface area contributed by atoms with E-state index in [1.165, 1.54) is 12.8 Å². The molecule has 2 rings (SSSR count). The molecule has 1 heterocycles. The molecule has 1 aromatic rings. The number of aromatic carboxylic acids is 1. The van der Waals surface area contributed by atoms with Gasteiger partial charge in [-0.25, -0.2) is 9.78 Å². The monoisotopic (exact) mass is 279 g/mol. The van der Waals surface area contributed by atoms with Crippen LogP contribution in [0.15, 0.2) is 12.3 Å². The SMILES string of the molecule is CC(Nc1ncc(C(=O)O)cc1[N+](=O)[O-])C1CCCC1. The molecule has 0 bridgehead atoms. The summed E-state index contributed by atoms with van der Waals surface area (Å²) in [7, 11) is 0. The molecule has 1 saturated carbocycles. The molecule has 2 N–H and O–H groups in total. The molecule has 1 aromatic heterocycles. The van der Waals surface area contributed by atoms with Crippen molar-refractivity contribution in [3.63, 3.8) is 0 Å². The lowest BCUT2D eigenvalue weighted by atomic mass is 10.00. The fraction of sp³-hybridized carbons (Fsp3) is 0.538. The summed E-state index contributed by atoms with van der Waals surface area (Å²) in [4.78, 5) is 25.2. The van der Waals surface area contributed by atoms with Gasteiger partial charge in [0.1, 0.15) is 0 Å². The summed E-state index contributed by atoms with van der Waals surface area (Å²) in [6.45, 7) is 1.98. The van der Waals surface area contributed by atoms with Crippen molar-refractivity contribution in [2.75, 3.05) is 5.32 Å².